The van der Waals surface area contributed by atoms with Gasteiger partial charge in [-0.1, -0.05) is 64.1 Å². The van der Waals surface area contributed by atoms with E-state index in [1.54, 1.807) is 0 Å². The van der Waals surface area contributed by atoms with Crippen molar-refractivity contribution >= 4 is 11.6 Å². The van der Waals surface area contributed by atoms with Gasteiger partial charge in [-0.25, -0.2) is 0 Å². The Morgan fingerprint density at radius 1 is 1.06 bits per heavy atom. The van der Waals surface area contributed by atoms with Gasteiger partial charge in [-0.05, 0) is 66.0 Å². The first-order chi connectivity index (χ1) is 15.0. The Labute approximate surface area is 187 Å². The number of nitrogens with one attached hydrogen (secondary N) is 1. The van der Waals surface area contributed by atoms with E-state index >= 15 is 0 Å². The van der Waals surface area contributed by atoms with Crippen molar-refractivity contribution in [3.63, 3.8) is 0 Å². The smallest absolute Gasteiger partial charge is 0.253 e. The van der Waals surface area contributed by atoms with E-state index in [1.807, 2.05) is 11.0 Å². The molecule has 1 aliphatic carbocycles. The fraction of sp³-hybridized carbons (Fsp3) is 0.464. The van der Waals surface area contributed by atoms with Gasteiger partial charge >= 0.3 is 0 Å². The fourth-order valence-corrected chi connectivity index (χ4v) is 5.18. The summed E-state index contributed by atoms with van der Waals surface area (Å²) in [5.74, 6) is 1.57. The molecule has 1 heterocycles. The van der Waals surface area contributed by atoms with E-state index in [0.29, 0.717) is 23.8 Å². The van der Waals surface area contributed by atoms with E-state index in [0.717, 1.165) is 37.9 Å². The van der Waals surface area contributed by atoms with Crippen LogP contribution in [0.25, 0.3) is 0 Å². The molecule has 2 aromatic rings. The predicted molar refractivity (Wildman–Crippen MR) is 130 cm³/mol. The molecule has 1 aliphatic heterocycles. The highest BCUT2D eigenvalue weighted by atomic mass is 16.2. The Hall–Kier alpha value is -2.55. The Kier molecular flexibility index (Phi) is 6.50. The SMILES string of the molecule is CCCN(CCC)C(=O)c1ccc2c(c1)C1C=CCC1C(c1ccc(C(C)C)cc1)N2. The van der Waals surface area contributed by atoms with Gasteiger partial charge in [-0.3, -0.25) is 4.79 Å². The molecule has 1 amide bonds. The molecule has 3 heteroatoms. The van der Waals surface area contributed by atoms with Crippen molar-refractivity contribution in [3.8, 4) is 0 Å². The molecular weight excluding hydrogens is 380 g/mol. The van der Waals surface area contributed by atoms with Crippen LogP contribution in [0.15, 0.2) is 54.6 Å². The highest BCUT2D eigenvalue weighted by molar-refractivity contribution is 5.95. The number of anilines is 1. The molecule has 0 fully saturated rings. The molecule has 0 bridgehead atoms. The fourth-order valence-electron chi connectivity index (χ4n) is 5.18. The second kappa shape index (κ2) is 9.30. The minimum absolute atomic E-state index is 0.163. The molecule has 4 rings (SSSR count). The molecule has 1 N–H and O–H groups in total. The van der Waals surface area contributed by atoms with Crippen molar-refractivity contribution in [1.82, 2.24) is 4.90 Å². The van der Waals surface area contributed by atoms with Crippen LogP contribution in [0.2, 0.25) is 0 Å². The minimum atomic E-state index is 0.163. The maximum atomic E-state index is 13.2. The van der Waals surface area contributed by atoms with Gasteiger partial charge in [0.05, 0.1) is 6.04 Å². The van der Waals surface area contributed by atoms with Crippen molar-refractivity contribution < 1.29 is 4.79 Å². The lowest BCUT2D eigenvalue weighted by atomic mass is 9.76. The number of hydrogen-bond donors (Lipinski definition) is 1. The van der Waals surface area contributed by atoms with Crippen LogP contribution in [0.5, 0.6) is 0 Å². The second-order valence-electron chi connectivity index (χ2n) is 9.39. The molecule has 164 valence electrons. The summed E-state index contributed by atoms with van der Waals surface area (Å²) >= 11 is 0. The molecule has 3 atom stereocenters. The van der Waals surface area contributed by atoms with E-state index in [9.17, 15) is 4.79 Å². The van der Waals surface area contributed by atoms with Gasteiger partial charge in [0, 0.05) is 30.3 Å². The molecule has 2 aliphatic rings. The van der Waals surface area contributed by atoms with Gasteiger partial charge in [0.1, 0.15) is 0 Å². The molecule has 3 unspecified atom stereocenters. The predicted octanol–water partition coefficient (Wildman–Crippen LogP) is 6.90. The van der Waals surface area contributed by atoms with Crippen LogP contribution in [-0.2, 0) is 0 Å². The lowest BCUT2D eigenvalue weighted by molar-refractivity contribution is 0.0755. The zero-order valence-corrected chi connectivity index (χ0v) is 19.4. The van der Waals surface area contributed by atoms with E-state index in [4.69, 9.17) is 0 Å². The van der Waals surface area contributed by atoms with E-state index in [1.165, 1.54) is 22.4 Å². The molecule has 31 heavy (non-hydrogen) atoms. The molecular formula is C28H36N2O. The van der Waals surface area contributed by atoms with Crippen LogP contribution >= 0.6 is 0 Å². The summed E-state index contributed by atoms with van der Waals surface area (Å²) in [6.07, 6.45) is 7.72. The maximum Gasteiger partial charge on any atom is 0.253 e. The van der Waals surface area contributed by atoms with Gasteiger partial charge in [0.2, 0.25) is 0 Å². The van der Waals surface area contributed by atoms with E-state index in [-0.39, 0.29) is 5.91 Å². The first-order valence-corrected chi connectivity index (χ1v) is 12.0. The van der Waals surface area contributed by atoms with Crippen molar-refractivity contribution in [3.05, 3.63) is 76.9 Å². The third-order valence-electron chi connectivity index (χ3n) is 6.85. The second-order valence-corrected chi connectivity index (χ2v) is 9.39. The highest BCUT2D eigenvalue weighted by Crippen LogP contribution is 2.50. The minimum Gasteiger partial charge on any atom is -0.378 e. The standard InChI is InChI=1S/C28H36N2O/c1-5-16-30(17-6-2)28(31)22-14-15-26-25(18-22)23-8-7-9-24(23)27(29-26)21-12-10-20(11-13-21)19(3)4/h7-8,10-15,18-19,23-24,27,29H,5-6,9,16-17H2,1-4H3. The van der Waals surface area contributed by atoms with E-state index in [2.05, 4.69) is 81.6 Å². The largest absolute Gasteiger partial charge is 0.378 e. The van der Waals surface area contributed by atoms with Crippen LogP contribution in [0.4, 0.5) is 5.69 Å². The molecule has 0 aromatic heterocycles. The Morgan fingerprint density at radius 3 is 2.42 bits per heavy atom. The van der Waals surface area contributed by atoms with Crippen molar-refractivity contribution in [2.24, 2.45) is 5.92 Å². The van der Waals surface area contributed by atoms with Crippen LogP contribution in [0.3, 0.4) is 0 Å². The number of amides is 1. The summed E-state index contributed by atoms with van der Waals surface area (Å²) in [7, 11) is 0. The summed E-state index contributed by atoms with van der Waals surface area (Å²) in [6, 6.07) is 15.7. The number of benzene rings is 2. The van der Waals surface area contributed by atoms with Gasteiger partial charge in [-0.2, -0.15) is 0 Å². The van der Waals surface area contributed by atoms with Gasteiger partial charge in [0.15, 0.2) is 0 Å². The van der Waals surface area contributed by atoms with Crippen LogP contribution in [0, 0.1) is 5.92 Å². The summed E-state index contributed by atoms with van der Waals surface area (Å²) in [5.41, 5.74) is 5.99. The Morgan fingerprint density at radius 2 is 1.77 bits per heavy atom. The molecule has 0 radical (unpaired) electrons. The molecule has 0 saturated carbocycles. The topological polar surface area (TPSA) is 32.3 Å². The van der Waals surface area contributed by atoms with Crippen molar-refractivity contribution in [2.75, 3.05) is 18.4 Å². The molecule has 0 saturated heterocycles. The number of carbonyl (C=O) groups excluding carboxylic acids is 1. The molecule has 3 nitrogen and oxygen atoms in total. The Bertz CT molecular complexity index is 938. The average Bonchev–Trinajstić information content (AvgIpc) is 3.28. The number of carbonyl (C=O) groups is 1. The zero-order valence-electron chi connectivity index (χ0n) is 19.4. The number of allylic oxidation sites excluding steroid dienone is 2. The van der Waals surface area contributed by atoms with Crippen molar-refractivity contribution in [1.29, 1.82) is 0 Å². The quantitative estimate of drug-likeness (QED) is 0.498. The summed E-state index contributed by atoms with van der Waals surface area (Å²) in [6.45, 7) is 10.4. The lowest BCUT2D eigenvalue weighted by Crippen LogP contribution is -2.33. The van der Waals surface area contributed by atoms with Gasteiger partial charge in [0.25, 0.3) is 5.91 Å². The van der Waals surface area contributed by atoms with E-state index < -0.39 is 0 Å². The third kappa shape index (κ3) is 4.28. The first-order valence-electron chi connectivity index (χ1n) is 12.0. The van der Waals surface area contributed by atoms with Crippen LogP contribution in [-0.4, -0.2) is 23.9 Å². The highest BCUT2D eigenvalue weighted by Gasteiger charge is 2.38. The van der Waals surface area contributed by atoms with Crippen LogP contribution < -0.4 is 5.32 Å². The molecule has 0 spiro atoms. The van der Waals surface area contributed by atoms with Gasteiger partial charge < -0.3 is 10.2 Å². The summed E-state index contributed by atoms with van der Waals surface area (Å²) in [4.78, 5) is 15.2. The summed E-state index contributed by atoms with van der Waals surface area (Å²) < 4.78 is 0. The van der Waals surface area contributed by atoms with Gasteiger partial charge in [-0.15, -0.1) is 0 Å². The van der Waals surface area contributed by atoms with Crippen molar-refractivity contribution in [2.45, 2.75) is 64.8 Å². The number of nitrogens with zero attached hydrogens (tertiary/aromatic N) is 1. The number of fused-ring (bicyclic) bond motifs is 3. The average molecular weight is 417 g/mol. The third-order valence-corrected chi connectivity index (χ3v) is 6.85. The number of rotatable bonds is 7. The first kappa shape index (κ1) is 21.7. The number of hydrogen-bond acceptors (Lipinski definition) is 2. The maximum absolute atomic E-state index is 13.2. The summed E-state index contributed by atoms with van der Waals surface area (Å²) in [5, 5.41) is 3.81. The normalized spacial score (nSPS) is 21.5. The lowest BCUT2D eigenvalue weighted by Gasteiger charge is -2.38. The Balaban J connectivity index is 1.63. The van der Waals surface area contributed by atoms with Crippen LogP contribution in [0.1, 0.15) is 91.9 Å². The monoisotopic (exact) mass is 416 g/mol. The molecule has 2 aromatic carbocycles. The zero-order chi connectivity index (χ0) is 22.0.